The lowest BCUT2D eigenvalue weighted by Crippen LogP contribution is -2.07. The van der Waals surface area contributed by atoms with Crippen molar-refractivity contribution in [2.75, 3.05) is 5.32 Å². The molecular weight excluding hydrogens is 264 g/mol. The summed E-state index contributed by atoms with van der Waals surface area (Å²) in [6.07, 6.45) is 1.08. The van der Waals surface area contributed by atoms with Crippen molar-refractivity contribution in [3.8, 4) is 11.5 Å². The van der Waals surface area contributed by atoms with Crippen LogP contribution in [0.1, 0.15) is 0 Å². The highest BCUT2D eigenvalue weighted by Crippen LogP contribution is 2.26. The van der Waals surface area contributed by atoms with E-state index in [1.807, 2.05) is 0 Å². The molecule has 0 atom stereocenters. The third-order valence-electron chi connectivity index (χ3n) is 2.43. The van der Waals surface area contributed by atoms with Gasteiger partial charge in [-0.2, -0.15) is 0 Å². The van der Waals surface area contributed by atoms with E-state index in [0.717, 1.165) is 12.1 Å². The molecule has 1 N–H and O–H groups in total. The van der Waals surface area contributed by atoms with Crippen molar-refractivity contribution in [2.45, 2.75) is 0 Å². The zero-order valence-corrected chi connectivity index (χ0v) is 10.4. The predicted octanol–water partition coefficient (Wildman–Crippen LogP) is 3.88. The van der Waals surface area contributed by atoms with Gasteiger partial charge < -0.3 is 10.1 Å². The normalized spacial score (nSPS) is 9.90. The first-order chi connectivity index (χ1) is 9.58. The highest BCUT2D eigenvalue weighted by Gasteiger charge is 2.07. The summed E-state index contributed by atoms with van der Waals surface area (Å²) in [5.41, 5.74) is 0.291. The van der Waals surface area contributed by atoms with Crippen LogP contribution in [0.5, 0.6) is 11.5 Å². The van der Waals surface area contributed by atoms with Crippen LogP contribution in [0.25, 0.3) is 0 Å². The molecule has 2 aromatic rings. The number of rotatable bonds is 4. The van der Waals surface area contributed by atoms with Crippen LogP contribution in [0.4, 0.5) is 14.5 Å². The second-order valence-electron chi connectivity index (χ2n) is 3.89. The van der Waals surface area contributed by atoms with Gasteiger partial charge in [0.1, 0.15) is 11.6 Å². The van der Waals surface area contributed by atoms with E-state index < -0.39 is 17.5 Å². The summed E-state index contributed by atoms with van der Waals surface area (Å²) >= 11 is 0. The fourth-order valence-corrected chi connectivity index (χ4v) is 1.48. The number of amides is 1. The van der Waals surface area contributed by atoms with Gasteiger partial charge in [-0.1, -0.05) is 6.58 Å². The molecule has 0 heterocycles. The lowest BCUT2D eigenvalue weighted by atomic mass is 10.2. The second kappa shape index (κ2) is 5.97. The van der Waals surface area contributed by atoms with Crippen LogP contribution in [-0.4, -0.2) is 5.91 Å². The SMILES string of the molecule is C=CC(=O)Nc1ccc(Oc2ccc(F)cc2)c(F)c1. The zero-order valence-electron chi connectivity index (χ0n) is 10.4. The minimum absolute atomic E-state index is 0.0202. The fraction of sp³-hybridized carbons (Fsp3) is 0. The number of halogens is 2. The molecule has 0 fully saturated rings. The number of ether oxygens (including phenoxy) is 1. The maximum Gasteiger partial charge on any atom is 0.247 e. The summed E-state index contributed by atoms with van der Waals surface area (Å²) in [5, 5.41) is 2.43. The Morgan fingerprint density at radius 2 is 1.85 bits per heavy atom. The Balaban J connectivity index is 2.15. The van der Waals surface area contributed by atoms with Gasteiger partial charge in [-0.25, -0.2) is 8.78 Å². The zero-order chi connectivity index (χ0) is 14.5. The molecule has 0 spiro atoms. The van der Waals surface area contributed by atoms with E-state index in [9.17, 15) is 13.6 Å². The van der Waals surface area contributed by atoms with Gasteiger partial charge in [0.2, 0.25) is 5.91 Å². The number of anilines is 1. The molecule has 2 rings (SSSR count). The van der Waals surface area contributed by atoms with Crippen LogP contribution in [0.3, 0.4) is 0 Å². The molecular formula is C15H11F2NO2. The van der Waals surface area contributed by atoms with Crippen LogP contribution in [0.2, 0.25) is 0 Å². The molecule has 0 aromatic heterocycles. The summed E-state index contributed by atoms with van der Waals surface area (Å²) < 4.78 is 31.8. The monoisotopic (exact) mass is 275 g/mol. The standard InChI is InChI=1S/C15H11F2NO2/c1-2-15(19)18-11-5-8-14(13(17)9-11)20-12-6-3-10(16)4-7-12/h2-9H,1H2,(H,18,19). The molecule has 0 saturated carbocycles. The Bertz CT molecular complexity index is 639. The minimum Gasteiger partial charge on any atom is -0.454 e. The lowest BCUT2D eigenvalue weighted by Gasteiger charge is -2.08. The number of nitrogens with one attached hydrogen (secondary N) is 1. The smallest absolute Gasteiger partial charge is 0.247 e. The quantitative estimate of drug-likeness (QED) is 0.860. The summed E-state index contributed by atoms with van der Waals surface area (Å²) in [6, 6.07) is 9.20. The largest absolute Gasteiger partial charge is 0.454 e. The Kier molecular flexibility index (Phi) is 4.10. The number of benzene rings is 2. The highest BCUT2D eigenvalue weighted by molar-refractivity contribution is 5.98. The molecule has 1 amide bonds. The molecule has 0 unspecified atom stereocenters. The van der Waals surface area contributed by atoms with E-state index in [-0.39, 0.29) is 5.75 Å². The Hall–Kier alpha value is -2.69. The first-order valence-electron chi connectivity index (χ1n) is 5.75. The van der Waals surface area contributed by atoms with Crippen LogP contribution in [-0.2, 0) is 4.79 Å². The average Bonchev–Trinajstić information content (AvgIpc) is 2.44. The molecule has 102 valence electrons. The van der Waals surface area contributed by atoms with Gasteiger partial charge in [-0.3, -0.25) is 4.79 Å². The van der Waals surface area contributed by atoms with Crippen LogP contribution in [0.15, 0.2) is 55.1 Å². The average molecular weight is 275 g/mol. The summed E-state index contributed by atoms with van der Waals surface area (Å²) in [4.78, 5) is 11.1. The molecule has 20 heavy (non-hydrogen) atoms. The molecule has 0 radical (unpaired) electrons. The van der Waals surface area contributed by atoms with Gasteiger partial charge in [0.15, 0.2) is 11.6 Å². The summed E-state index contributed by atoms with van der Waals surface area (Å²) in [6.45, 7) is 3.30. The van der Waals surface area contributed by atoms with Gasteiger partial charge in [0, 0.05) is 11.8 Å². The molecule has 3 nitrogen and oxygen atoms in total. The Morgan fingerprint density at radius 3 is 2.45 bits per heavy atom. The molecule has 0 aliphatic heterocycles. The van der Waals surface area contributed by atoms with E-state index in [2.05, 4.69) is 11.9 Å². The summed E-state index contributed by atoms with van der Waals surface area (Å²) in [5.74, 6) is -1.19. The third-order valence-corrected chi connectivity index (χ3v) is 2.43. The first-order valence-corrected chi connectivity index (χ1v) is 5.75. The predicted molar refractivity (Wildman–Crippen MR) is 71.7 cm³/mol. The van der Waals surface area contributed by atoms with Gasteiger partial charge in [-0.15, -0.1) is 0 Å². The Morgan fingerprint density at radius 1 is 1.15 bits per heavy atom. The van der Waals surface area contributed by atoms with E-state index in [4.69, 9.17) is 4.74 Å². The van der Waals surface area contributed by atoms with Crippen molar-refractivity contribution >= 4 is 11.6 Å². The lowest BCUT2D eigenvalue weighted by molar-refractivity contribution is -0.111. The maximum atomic E-state index is 13.8. The van der Waals surface area contributed by atoms with Crippen LogP contribution in [0, 0.1) is 11.6 Å². The third kappa shape index (κ3) is 3.41. The number of carbonyl (C=O) groups excluding carboxylic acids is 1. The molecule has 5 heteroatoms. The summed E-state index contributed by atoms with van der Waals surface area (Å²) in [7, 11) is 0. The number of carbonyl (C=O) groups is 1. The topological polar surface area (TPSA) is 38.3 Å². The van der Waals surface area contributed by atoms with Crippen molar-refractivity contribution in [1.82, 2.24) is 0 Å². The molecule has 0 aliphatic rings. The fourth-order valence-electron chi connectivity index (χ4n) is 1.48. The Labute approximate surface area is 114 Å². The van der Waals surface area contributed by atoms with Crippen molar-refractivity contribution in [3.05, 3.63) is 66.8 Å². The minimum atomic E-state index is -0.642. The molecule has 0 saturated heterocycles. The van der Waals surface area contributed by atoms with Crippen LogP contribution < -0.4 is 10.1 Å². The number of hydrogen-bond acceptors (Lipinski definition) is 2. The maximum absolute atomic E-state index is 13.8. The highest BCUT2D eigenvalue weighted by atomic mass is 19.1. The van der Waals surface area contributed by atoms with Gasteiger partial charge in [-0.05, 0) is 42.5 Å². The first kappa shape index (κ1) is 13.7. The van der Waals surface area contributed by atoms with Crippen molar-refractivity contribution in [2.24, 2.45) is 0 Å². The van der Waals surface area contributed by atoms with Crippen molar-refractivity contribution in [1.29, 1.82) is 0 Å². The van der Waals surface area contributed by atoms with E-state index in [0.29, 0.717) is 11.4 Å². The van der Waals surface area contributed by atoms with Crippen LogP contribution >= 0.6 is 0 Å². The molecule has 0 bridgehead atoms. The molecule has 2 aromatic carbocycles. The van der Waals surface area contributed by atoms with E-state index in [1.54, 1.807) is 0 Å². The molecule has 0 aliphatic carbocycles. The van der Waals surface area contributed by atoms with Gasteiger partial charge in [0.05, 0.1) is 0 Å². The number of hydrogen-bond donors (Lipinski definition) is 1. The van der Waals surface area contributed by atoms with Crippen molar-refractivity contribution in [3.63, 3.8) is 0 Å². The second-order valence-corrected chi connectivity index (χ2v) is 3.89. The van der Waals surface area contributed by atoms with E-state index in [1.165, 1.54) is 36.4 Å². The van der Waals surface area contributed by atoms with Gasteiger partial charge >= 0.3 is 0 Å². The van der Waals surface area contributed by atoms with Crippen molar-refractivity contribution < 1.29 is 18.3 Å². The van der Waals surface area contributed by atoms with E-state index >= 15 is 0 Å². The van der Waals surface area contributed by atoms with Gasteiger partial charge in [0.25, 0.3) is 0 Å².